The van der Waals surface area contributed by atoms with E-state index in [4.69, 9.17) is 0 Å². The first-order valence-corrected chi connectivity index (χ1v) is 9.44. The highest BCUT2D eigenvalue weighted by atomic mass is 16.3. The largest absolute Gasteiger partial charge is 0.389 e. The molecule has 2 aliphatic heterocycles. The van der Waals surface area contributed by atoms with Gasteiger partial charge in [0.2, 0.25) is 0 Å². The Morgan fingerprint density at radius 2 is 1.79 bits per heavy atom. The predicted octanol–water partition coefficient (Wildman–Crippen LogP) is 2.91. The monoisotopic (exact) mass is 328 g/mol. The molecule has 1 saturated carbocycles. The molecular weight excluding hydrogens is 300 g/mol. The van der Waals surface area contributed by atoms with Gasteiger partial charge in [0.05, 0.1) is 5.60 Å². The van der Waals surface area contributed by atoms with Gasteiger partial charge in [0, 0.05) is 43.3 Å². The molecule has 2 saturated heterocycles. The summed E-state index contributed by atoms with van der Waals surface area (Å²) in [5.41, 5.74) is 1.44. The van der Waals surface area contributed by atoms with Gasteiger partial charge in [0.25, 0.3) is 5.91 Å². The molecule has 1 aliphatic carbocycles. The molecule has 0 unspecified atom stereocenters. The fourth-order valence-corrected chi connectivity index (χ4v) is 4.49. The molecule has 0 aromatic heterocycles. The van der Waals surface area contributed by atoms with Gasteiger partial charge in [0.15, 0.2) is 0 Å². The van der Waals surface area contributed by atoms with Crippen LogP contribution in [0.15, 0.2) is 24.3 Å². The van der Waals surface area contributed by atoms with E-state index in [9.17, 15) is 9.90 Å². The normalized spacial score (nSPS) is 30.7. The maximum absolute atomic E-state index is 12.8. The van der Waals surface area contributed by atoms with E-state index in [0.717, 1.165) is 37.9 Å². The first kappa shape index (κ1) is 15.9. The van der Waals surface area contributed by atoms with Crippen LogP contribution in [0.4, 0.5) is 5.69 Å². The Hall–Kier alpha value is -1.55. The number of hydrogen-bond donors (Lipinski definition) is 1. The number of nitrogens with zero attached hydrogens (tertiary/aromatic N) is 2. The minimum atomic E-state index is -0.545. The fourth-order valence-electron chi connectivity index (χ4n) is 4.49. The van der Waals surface area contributed by atoms with Gasteiger partial charge in [0.1, 0.15) is 0 Å². The summed E-state index contributed by atoms with van der Waals surface area (Å²) in [6.07, 6.45) is 5.53. The number of likely N-dealkylation sites (tertiary alicyclic amines) is 1. The van der Waals surface area contributed by atoms with Crippen LogP contribution in [-0.4, -0.2) is 47.7 Å². The number of carbonyl (C=O) groups is 1. The average molecular weight is 328 g/mol. The van der Waals surface area contributed by atoms with Crippen LogP contribution in [0.25, 0.3) is 0 Å². The SMILES string of the molecule is C[C@@H]1CN(C(=O)c2ccc(N3CCCC3)cc2)CC[C@@]1(O)C1CC1. The van der Waals surface area contributed by atoms with Crippen molar-refractivity contribution in [2.45, 2.75) is 44.6 Å². The minimum absolute atomic E-state index is 0.104. The molecule has 4 heteroatoms. The Bertz CT molecular complexity index is 605. The Morgan fingerprint density at radius 1 is 1.12 bits per heavy atom. The zero-order valence-electron chi connectivity index (χ0n) is 14.6. The third-order valence-electron chi connectivity index (χ3n) is 6.29. The van der Waals surface area contributed by atoms with E-state index >= 15 is 0 Å². The molecule has 130 valence electrons. The van der Waals surface area contributed by atoms with Crippen molar-refractivity contribution in [1.82, 2.24) is 4.90 Å². The van der Waals surface area contributed by atoms with Gasteiger partial charge in [-0.3, -0.25) is 4.79 Å². The van der Waals surface area contributed by atoms with Crippen LogP contribution in [0.3, 0.4) is 0 Å². The van der Waals surface area contributed by atoms with E-state index in [1.807, 2.05) is 17.0 Å². The second-order valence-corrected chi connectivity index (χ2v) is 7.91. The van der Waals surface area contributed by atoms with Crippen molar-refractivity contribution in [2.75, 3.05) is 31.1 Å². The van der Waals surface area contributed by atoms with E-state index in [0.29, 0.717) is 19.0 Å². The minimum Gasteiger partial charge on any atom is -0.389 e. The van der Waals surface area contributed by atoms with Crippen LogP contribution >= 0.6 is 0 Å². The number of rotatable bonds is 3. The van der Waals surface area contributed by atoms with Crippen molar-refractivity contribution >= 4 is 11.6 Å². The molecule has 4 nitrogen and oxygen atoms in total. The molecule has 1 N–H and O–H groups in total. The van der Waals surface area contributed by atoms with E-state index in [1.165, 1.54) is 18.5 Å². The van der Waals surface area contributed by atoms with Crippen molar-refractivity contribution in [2.24, 2.45) is 11.8 Å². The molecule has 0 bridgehead atoms. The van der Waals surface area contributed by atoms with Gasteiger partial charge >= 0.3 is 0 Å². The highest BCUT2D eigenvalue weighted by Gasteiger charge is 2.50. The second kappa shape index (κ2) is 6.07. The second-order valence-electron chi connectivity index (χ2n) is 7.91. The van der Waals surface area contributed by atoms with Crippen molar-refractivity contribution < 1.29 is 9.90 Å². The van der Waals surface area contributed by atoms with Gasteiger partial charge in [-0.25, -0.2) is 0 Å². The van der Waals surface area contributed by atoms with Crippen molar-refractivity contribution in [1.29, 1.82) is 0 Å². The number of amides is 1. The van der Waals surface area contributed by atoms with Crippen LogP contribution in [0.2, 0.25) is 0 Å². The van der Waals surface area contributed by atoms with Crippen molar-refractivity contribution in [3.63, 3.8) is 0 Å². The maximum Gasteiger partial charge on any atom is 0.253 e. The van der Waals surface area contributed by atoms with Crippen LogP contribution < -0.4 is 4.90 Å². The van der Waals surface area contributed by atoms with Crippen molar-refractivity contribution in [3.05, 3.63) is 29.8 Å². The van der Waals surface area contributed by atoms with Crippen LogP contribution in [0.1, 0.15) is 49.4 Å². The van der Waals surface area contributed by atoms with Crippen LogP contribution in [0, 0.1) is 11.8 Å². The molecule has 24 heavy (non-hydrogen) atoms. The predicted molar refractivity (Wildman–Crippen MR) is 95.2 cm³/mol. The lowest BCUT2D eigenvalue weighted by atomic mass is 9.78. The first-order valence-electron chi connectivity index (χ1n) is 9.44. The summed E-state index contributed by atoms with van der Waals surface area (Å²) in [5, 5.41) is 10.9. The molecule has 0 spiro atoms. The highest BCUT2D eigenvalue weighted by molar-refractivity contribution is 5.94. The molecular formula is C20H28N2O2. The molecule has 1 amide bonds. The Labute approximate surface area is 144 Å². The van der Waals surface area contributed by atoms with E-state index in [1.54, 1.807) is 0 Å². The summed E-state index contributed by atoms with van der Waals surface area (Å²) in [7, 11) is 0. The van der Waals surface area contributed by atoms with Gasteiger partial charge in [-0.1, -0.05) is 6.92 Å². The number of anilines is 1. The zero-order valence-corrected chi connectivity index (χ0v) is 14.6. The number of piperidine rings is 1. The summed E-state index contributed by atoms with van der Waals surface area (Å²) in [4.78, 5) is 17.1. The maximum atomic E-state index is 12.8. The van der Waals surface area contributed by atoms with E-state index < -0.39 is 5.60 Å². The lowest BCUT2D eigenvalue weighted by Crippen LogP contribution is -2.53. The molecule has 0 radical (unpaired) electrons. The van der Waals surface area contributed by atoms with Gasteiger partial charge < -0.3 is 14.9 Å². The number of aliphatic hydroxyl groups is 1. The third kappa shape index (κ3) is 2.81. The number of hydrogen-bond acceptors (Lipinski definition) is 3. The topological polar surface area (TPSA) is 43.8 Å². The van der Waals surface area contributed by atoms with Gasteiger partial charge in [-0.2, -0.15) is 0 Å². The smallest absolute Gasteiger partial charge is 0.253 e. The number of carbonyl (C=O) groups excluding carboxylic acids is 1. The van der Waals surface area contributed by atoms with E-state index in [2.05, 4.69) is 24.0 Å². The first-order chi connectivity index (χ1) is 11.6. The lowest BCUT2D eigenvalue weighted by molar-refractivity contribution is -0.0751. The van der Waals surface area contributed by atoms with Crippen LogP contribution in [-0.2, 0) is 0 Å². The average Bonchev–Trinajstić information content (AvgIpc) is 3.33. The third-order valence-corrected chi connectivity index (χ3v) is 6.29. The number of benzene rings is 1. The Kier molecular flexibility index (Phi) is 4.03. The van der Waals surface area contributed by atoms with Gasteiger partial charge in [-0.05, 0) is 62.3 Å². The molecule has 3 aliphatic rings. The molecule has 4 rings (SSSR count). The molecule has 2 heterocycles. The zero-order chi connectivity index (χ0) is 16.7. The standard InChI is InChI=1S/C20H28N2O2/c1-15-14-22(13-10-20(15,24)17-6-7-17)19(23)16-4-8-18(9-5-16)21-11-2-3-12-21/h4-5,8-9,15,17,24H,2-3,6-7,10-14H2,1H3/t15-,20+/m1/s1. The molecule has 3 fully saturated rings. The summed E-state index contributed by atoms with van der Waals surface area (Å²) < 4.78 is 0. The summed E-state index contributed by atoms with van der Waals surface area (Å²) in [6.45, 7) is 5.67. The van der Waals surface area contributed by atoms with Gasteiger partial charge in [-0.15, -0.1) is 0 Å². The fraction of sp³-hybridized carbons (Fsp3) is 0.650. The summed E-state index contributed by atoms with van der Waals surface area (Å²) in [6, 6.07) is 8.07. The van der Waals surface area contributed by atoms with Crippen LogP contribution in [0.5, 0.6) is 0 Å². The highest BCUT2D eigenvalue weighted by Crippen LogP contribution is 2.47. The van der Waals surface area contributed by atoms with Crippen molar-refractivity contribution in [3.8, 4) is 0 Å². The molecule has 2 atom stereocenters. The summed E-state index contributed by atoms with van der Waals surface area (Å²) >= 11 is 0. The lowest BCUT2D eigenvalue weighted by Gasteiger charge is -2.43. The summed E-state index contributed by atoms with van der Waals surface area (Å²) in [5.74, 6) is 0.726. The molecule has 1 aromatic carbocycles. The van der Waals surface area contributed by atoms with E-state index in [-0.39, 0.29) is 11.8 Å². The Balaban J connectivity index is 1.42. The molecule has 1 aromatic rings. The quantitative estimate of drug-likeness (QED) is 0.928. The Morgan fingerprint density at radius 3 is 2.38 bits per heavy atom.